The van der Waals surface area contributed by atoms with Gasteiger partial charge in [-0.1, -0.05) is 0 Å². The van der Waals surface area contributed by atoms with Gasteiger partial charge in [0, 0.05) is 14.2 Å². The number of carbonyl (C=O) groups excluding carboxylic acids is 1. The third kappa shape index (κ3) is 4.52. The Morgan fingerprint density at radius 3 is 2.38 bits per heavy atom. The largest absolute Gasteiger partial charge is 0.479 e. The molecule has 2 unspecified atom stereocenters. The predicted molar refractivity (Wildman–Crippen MR) is 83.9 cm³/mol. The average Bonchev–Trinajstić information content (AvgIpc) is 2.71. The zero-order valence-electron chi connectivity index (χ0n) is 14.2. The third-order valence-electron chi connectivity index (χ3n) is 3.46. The van der Waals surface area contributed by atoms with Crippen molar-refractivity contribution in [3.63, 3.8) is 0 Å². The molecule has 1 rings (SSSR count). The SMILES string of the molecule is COC(CNC(=O)C(C)NS(=O)(=O)c1c(C)nn(C)c1C)C(=O)O. The number of hydrogen-bond donors (Lipinski definition) is 3. The lowest BCUT2D eigenvalue weighted by Gasteiger charge is -2.16. The number of nitrogens with zero attached hydrogens (tertiary/aromatic N) is 2. The standard InChI is InChI=1S/C13H22N4O6S/c1-7-11(9(3)17(4)15-7)24(21,22)16-8(2)12(18)14-6-10(23-5)13(19)20/h8,10,16H,6H2,1-5H3,(H,14,18)(H,19,20). The van der Waals surface area contributed by atoms with Crippen molar-refractivity contribution in [1.82, 2.24) is 19.8 Å². The summed E-state index contributed by atoms with van der Waals surface area (Å²) in [6.45, 7) is 4.25. The average molecular weight is 362 g/mol. The molecule has 1 aromatic rings. The van der Waals surface area contributed by atoms with Crippen molar-refractivity contribution in [3.8, 4) is 0 Å². The van der Waals surface area contributed by atoms with E-state index in [-0.39, 0.29) is 11.4 Å². The quantitative estimate of drug-likeness (QED) is 0.534. The van der Waals surface area contributed by atoms with Crippen LogP contribution >= 0.6 is 0 Å². The molecule has 0 saturated carbocycles. The van der Waals surface area contributed by atoms with E-state index in [1.54, 1.807) is 20.9 Å². The second-order valence-corrected chi connectivity index (χ2v) is 6.93. The molecule has 136 valence electrons. The minimum Gasteiger partial charge on any atom is -0.479 e. The van der Waals surface area contributed by atoms with E-state index < -0.39 is 34.0 Å². The molecule has 0 bridgehead atoms. The van der Waals surface area contributed by atoms with Crippen LogP contribution in [0.25, 0.3) is 0 Å². The van der Waals surface area contributed by atoms with Crippen molar-refractivity contribution in [2.24, 2.45) is 7.05 Å². The molecule has 0 radical (unpaired) electrons. The van der Waals surface area contributed by atoms with Crippen molar-refractivity contribution >= 4 is 21.9 Å². The molecular formula is C13H22N4O6S. The van der Waals surface area contributed by atoms with Crippen molar-refractivity contribution in [1.29, 1.82) is 0 Å². The van der Waals surface area contributed by atoms with Crippen molar-refractivity contribution in [2.75, 3.05) is 13.7 Å². The number of hydrogen-bond acceptors (Lipinski definition) is 6. The van der Waals surface area contributed by atoms with E-state index in [2.05, 4.69) is 19.9 Å². The summed E-state index contributed by atoms with van der Waals surface area (Å²) < 4.78 is 33.3. The Morgan fingerprint density at radius 2 is 1.96 bits per heavy atom. The van der Waals surface area contributed by atoms with Crippen LogP contribution < -0.4 is 10.0 Å². The molecule has 0 aliphatic carbocycles. The fourth-order valence-corrected chi connectivity index (χ4v) is 3.75. The monoisotopic (exact) mass is 362 g/mol. The predicted octanol–water partition coefficient (Wildman–Crippen LogP) is -1.08. The van der Waals surface area contributed by atoms with Crippen LogP contribution in [0.15, 0.2) is 4.90 Å². The van der Waals surface area contributed by atoms with Crippen molar-refractivity contribution in [2.45, 2.75) is 37.8 Å². The maximum absolute atomic E-state index is 12.4. The van der Waals surface area contributed by atoms with Crippen LogP contribution in [0.1, 0.15) is 18.3 Å². The lowest BCUT2D eigenvalue weighted by atomic mass is 10.3. The molecule has 0 aromatic carbocycles. The van der Waals surface area contributed by atoms with Crippen LogP contribution in [-0.2, 0) is 31.4 Å². The number of aromatic nitrogens is 2. The number of carbonyl (C=O) groups is 2. The Kier molecular flexibility index (Phi) is 6.46. The molecule has 3 N–H and O–H groups in total. The summed E-state index contributed by atoms with van der Waals surface area (Å²) in [5.74, 6) is -1.89. The smallest absolute Gasteiger partial charge is 0.334 e. The van der Waals surface area contributed by atoms with Gasteiger partial charge < -0.3 is 15.2 Å². The molecule has 10 nitrogen and oxygen atoms in total. The minimum atomic E-state index is -3.95. The Labute approximate surface area is 140 Å². The zero-order chi connectivity index (χ0) is 18.7. The van der Waals surface area contributed by atoms with Gasteiger partial charge in [0.25, 0.3) is 0 Å². The molecule has 24 heavy (non-hydrogen) atoms. The van der Waals surface area contributed by atoms with Gasteiger partial charge >= 0.3 is 5.97 Å². The van der Waals surface area contributed by atoms with Gasteiger partial charge in [-0.05, 0) is 20.8 Å². The van der Waals surface area contributed by atoms with Crippen molar-refractivity contribution < 1.29 is 27.9 Å². The first-order chi connectivity index (χ1) is 11.0. The molecule has 0 aliphatic heterocycles. The highest BCUT2D eigenvalue weighted by atomic mass is 32.2. The summed E-state index contributed by atoms with van der Waals surface area (Å²) in [6.07, 6.45) is -1.21. The van der Waals surface area contributed by atoms with Gasteiger partial charge in [0.15, 0.2) is 6.10 Å². The van der Waals surface area contributed by atoms with Crippen LogP contribution in [0.4, 0.5) is 0 Å². The third-order valence-corrected chi connectivity index (χ3v) is 5.25. The summed E-state index contributed by atoms with van der Waals surface area (Å²) >= 11 is 0. The van der Waals surface area contributed by atoms with Crippen LogP contribution in [-0.4, -0.2) is 61.0 Å². The lowest BCUT2D eigenvalue weighted by Crippen LogP contribution is -2.48. The van der Waals surface area contributed by atoms with E-state index in [0.29, 0.717) is 11.4 Å². The van der Waals surface area contributed by atoms with Gasteiger partial charge in [0.2, 0.25) is 15.9 Å². The van der Waals surface area contributed by atoms with Gasteiger partial charge in [-0.15, -0.1) is 0 Å². The number of sulfonamides is 1. The molecule has 0 aliphatic rings. The highest BCUT2D eigenvalue weighted by molar-refractivity contribution is 7.89. The molecule has 11 heteroatoms. The van der Waals surface area contributed by atoms with E-state index >= 15 is 0 Å². The number of aryl methyl sites for hydroxylation is 2. The summed E-state index contributed by atoms with van der Waals surface area (Å²) in [5, 5.41) is 15.2. The second-order valence-electron chi connectivity index (χ2n) is 5.27. The molecule has 0 fully saturated rings. The van der Waals surface area contributed by atoms with Gasteiger partial charge in [-0.3, -0.25) is 9.48 Å². The summed E-state index contributed by atoms with van der Waals surface area (Å²) in [7, 11) is -1.13. The van der Waals surface area contributed by atoms with Crippen LogP contribution in [0.3, 0.4) is 0 Å². The number of nitrogens with one attached hydrogen (secondary N) is 2. The molecular weight excluding hydrogens is 340 g/mol. The van der Waals surface area contributed by atoms with E-state index in [1.165, 1.54) is 18.7 Å². The van der Waals surface area contributed by atoms with Crippen LogP contribution in [0.2, 0.25) is 0 Å². The fraction of sp³-hybridized carbons (Fsp3) is 0.615. The van der Waals surface area contributed by atoms with Gasteiger partial charge in [0.1, 0.15) is 4.90 Å². The number of carboxylic acid groups (broad SMARTS) is 1. The highest BCUT2D eigenvalue weighted by Gasteiger charge is 2.28. The fourth-order valence-electron chi connectivity index (χ4n) is 2.11. The molecule has 1 amide bonds. The summed E-state index contributed by atoms with van der Waals surface area (Å²) in [4.78, 5) is 22.8. The zero-order valence-corrected chi connectivity index (χ0v) is 15.0. The molecule has 1 aromatic heterocycles. The lowest BCUT2D eigenvalue weighted by molar-refractivity contribution is -0.148. The summed E-state index contributed by atoms with van der Waals surface area (Å²) in [6, 6.07) is -1.10. The normalized spacial score (nSPS) is 14.2. The van der Waals surface area contributed by atoms with Crippen molar-refractivity contribution in [3.05, 3.63) is 11.4 Å². The first-order valence-electron chi connectivity index (χ1n) is 7.07. The van der Waals surface area contributed by atoms with E-state index in [1.807, 2.05) is 0 Å². The summed E-state index contributed by atoms with van der Waals surface area (Å²) in [5.41, 5.74) is 0.762. The topological polar surface area (TPSA) is 140 Å². The first kappa shape index (κ1) is 20.1. The Morgan fingerprint density at radius 1 is 1.38 bits per heavy atom. The van der Waals surface area contributed by atoms with E-state index in [9.17, 15) is 18.0 Å². The van der Waals surface area contributed by atoms with Crippen LogP contribution in [0, 0.1) is 13.8 Å². The maximum atomic E-state index is 12.4. The molecule has 1 heterocycles. The number of carboxylic acids is 1. The van der Waals surface area contributed by atoms with E-state index in [4.69, 9.17) is 5.11 Å². The molecule has 0 saturated heterocycles. The number of ether oxygens (including phenoxy) is 1. The molecule has 0 spiro atoms. The number of methoxy groups -OCH3 is 1. The molecule has 2 atom stereocenters. The van der Waals surface area contributed by atoms with Gasteiger partial charge in [-0.2, -0.15) is 9.82 Å². The second kappa shape index (κ2) is 7.73. The Bertz CT molecular complexity index is 727. The highest BCUT2D eigenvalue weighted by Crippen LogP contribution is 2.18. The number of rotatable bonds is 8. The number of amides is 1. The Balaban J connectivity index is 2.80. The number of aliphatic carboxylic acids is 1. The first-order valence-corrected chi connectivity index (χ1v) is 8.55. The van der Waals surface area contributed by atoms with E-state index in [0.717, 1.165) is 0 Å². The maximum Gasteiger partial charge on any atom is 0.334 e. The van der Waals surface area contributed by atoms with Gasteiger partial charge in [-0.25, -0.2) is 13.2 Å². The van der Waals surface area contributed by atoms with Crippen LogP contribution in [0.5, 0.6) is 0 Å². The van der Waals surface area contributed by atoms with Gasteiger partial charge in [0.05, 0.1) is 24.0 Å². The Hall–Kier alpha value is -1.98. The minimum absolute atomic E-state index is 0.0185.